The zero-order valence-electron chi connectivity index (χ0n) is 21.3. The highest BCUT2D eigenvalue weighted by Gasteiger charge is 2.30. The largest absolute Gasteiger partial charge is 0.493 e. The lowest BCUT2D eigenvalue weighted by Crippen LogP contribution is -2.46. The van der Waals surface area contributed by atoms with E-state index in [1.165, 1.54) is 19.2 Å². The van der Waals surface area contributed by atoms with Gasteiger partial charge in [-0.15, -0.1) is 0 Å². The molecule has 4 rings (SSSR count). The molecule has 1 N–H and O–H groups in total. The number of alkyl halides is 2. The van der Waals surface area contributed by atoms with Crippen molar-refractivity contribution in [3.8, 4) is 11.5 Å². The fourth-order valence-corrected chi connectivity index (χ4v) is 4.18. The van der Waals surface area contributed by atoms with Crippen LogP contribution in [0.15, 0.2) is 30.3 Å². The monoisotopic (exact) mass is 518 g/mol. The molecule has 1 amide bonds. The summed E-state index contributed by atoms with van der Waals surface area (Å²) in [6.45, 7) is 4.59. The first-order chi connectivity index (χ1) is 17.5. The van der Waals surface area contributed by atoms with Gasteiger partial charge in [0, 0.05) is 37.5 Å². The van der Waals surface area contributed by atoms with E-state index in [1.807, 2.05) is 0 Å². The molecule has 0 unspecified atom stereocenters. The van der Waals surface area contributed by atoms with Crippen LogP contribution in [-0.4, -0.2) is 60.8 Å². The van der Waals surface area contributed by atoms with Gasteiger partial charge in [-0.25, -0.2) is 23.1 Å². The number of benzene rings is 2. The highest BCUT2D eigenvalue weighted by atomic mass is 19.3. The van der Waals surface area contributed by atoms with E-state index in [1.54, 1.807) is 37.9 Å². The van der Waals surface area contributed by atoms with Crippen molar-refractivity contribution in [2.75, 3.05) is 39.2 Å². The number of amides is 1. The van der Waals surface area contributed by atoms with E-state index in [0.29, 0.717) is 47.5 Å². The molecule has 2 aromatic carbocycles. The Bertz CT molecular complexity index is 1320. The second kappa shape index (κ2) is 10.4. The first kappa shape index (κ1) is 26.5. The molecular weight excluding hydrogens is 489 g/mol. The lowest BCUT2D eigenvalue weighted by atomic mass is 10.0. The zero-order chi connectivity index (χ0) is 26.9. The van der Waals surface area contributed by atoms with Crippen LogP contribution >= 0.6 is 0 Å². The van der Waals surface area contributed by atoms with Crippen molar-refractivity contribution >= 4 is 22.6 Å². The van der Waals surface area contributed by atoms with Gasteiger partial charge >= 0.3 is 0 Å². The molecule has 1 saturated heterocycles. The Morgan fingerprint density at radius 2 is 2.03 bits per heavy atom. The third-order valence-electron chi connectivity index (χ3n) is 6.18. The van der Waals surface area contributed by atoms with Crippen LogP contribution in [0.25, 0.3) is 10.9 Å². The van der Waals surface area contributed by atoms with Gasteiger partial charge in [0.05, 0.1) is 24.2 Å². The zero-order valence-corrected chi connectivity index (χ0v) is 21.3. The van der Waals surface area contributed by atoms with E-state index < -0.39 is 23.3 Å². The van der Waals surface area contributed by atoms with Crippen LogP contribution in [-0.2, 0) is 15.5 Å². The number of anilines is 1. The van der Waals surface area contributed by atoms with Crippen molar-refractivity contribution in [2.45, 2.75) is 38.8 Å². The molecule has 1 aliphatic heterocycles. The van der Waals surface area contributed by atoms with E-state index in [2.05, 4.69) is 15.3 Å². The number of methoxy groups -OCH3 is 1. The van der Waals surface area contributed by atoms with Crippen molar-refractivity contribution in [1.29, 1.82) is 0 Å². The lowest BCUT2D eigenvalue weighted by molar-refractivity contribution is -0.148. The Morgan fingerprint density at radius 3 is 2.70 bits per heavy atom. The standard InChI is InChI=1S/C26H29F3N4O4/c1-14(17-7-6-8-19(24(17)27)26(3,28)29)30-25-18-9-22(21(35-5)10-20(18)31-15(2)32-25)37-12-16-11-33(4)23(34)13-36-16/h6-10,14,16H,11-13H2,1-5H3,(H,30,31,32)/t14-,16+/m1/s1. The Labute approximate surface area is 212 Å². The van der Waals surface area contributed by atoms with Gasteiger partial charge in [0.25, 0.3) is 5.92 Å². The van der Waals surface area contributed by atoms with Crippen LogP contribution in [0.2, 0.25) is 0 Å². The molecule has 11 heteroatoms. The van der Waals surface area contributed by atoms with E-state index in [-0.39, 0.29) is 30.8 Å². The molecule has 2 heterocycles. The Hall–Kier alpha value is -3.60. The summed E-state index contributed by atoms with van der Waals surface area (Å²) in [4.78, 5) is 22.2. The van der Waals surface area contributed by atoms with E-state index >= 15 is 0 Å². The fourth-order valence-electron chi connectivity index (χ4n) is 4.18. The van der Waals surface area contributed by atoms with Crippen LogP contribution in [0.5, 0.6) is 11.5 Å². The summed E-state index contributed by atoms with van der Waals surface area (Å²) in [6.07, 6.45) is -0.318. The number of carbonyl (C=O) groups excluding carboxylic acids is 1. The van der Waals surface area contributed by atoms with Crippen molar-refractivity contribution in [1.82, 2.24) is 14.9 Å². The maximum Gasteiger partial charge on any atom is 0.273 e. The third kappa shape index (κ3) is 5.71. The maximum absolute atomic E-state index is 15.0. The van der Waals surface area contributed by atoms with E-state index in [9.17, 15) is 18.0 Å². The molecule has 1 fully saturated rings. The fraction of sp³-hybridized carbons (Fsp3) is 0.423. The lowest BCUT2D eigenvalue weighted by Gasteiger charge is -2.29. The molecule has 198 valence electrons. The highest BCUT2D eigenvalue weighted by Crippen LogP contribution is 2.37. The molecule has 37 heavy (non-hydrogen) atoms. The number of nitrogens with zero attached hydrogens (tertiary/aromatic N) is 3. The number of likely N-dealkylation sites (N-methyl/N-ethyl adjacent to an activating group) is 1. The molecular formula is C26H29F3N4O4. The molecule has 0 radical (unpaired) electrons. The van der Waals surface area contributed by atoms with Crippen LogP contribution in [0.3, 0.4) is 0 Å². The molecule has 1 aliphatic rings. The quantitative estimate of drug-likeness (QED) is 0.466. The van der Waals surface area contributed by atoms with E-state index in [4.69, 9.17) is 14.2 Å². The SMILES string of the molecule is COc1cc2nc(C)nc(N[C@H](C)c3cccc(C(C)(F)F)c3F)c2cc1OC[C@@H]1CN(C)C(=O)CO1. The number of hydrogen-bond acceptors (Lipinski definition) is 7. The average Bonchev–Trinajstić information content (AvgIpc) is 2.83. The molecule has 2 atom stereocenters. The minimum atomic E-state index is -3.31. The molecule has 0 saturated carbocycles. The van der Waals surface area contributed by atoms with Crippen molar-refractivity contribution in [3.05, 3.63) is 53.1 Å². The smallest absolute Gasteiger partial charge is 0.273 e. The number of carbonyl (C=O) groups is 1. The predicted octanol–water partition coefficient (Wildman–Crippen LogP) is 4.61. The maximum atomic E-state index is 15.0. The number of rotatable bonds is 8. The summed E-state index contributed by atoms with van der Waals surface area (Å²) in [5.41, 5.74) is -0.0263. The average molecular weight is 519 g/mol. The number of halogens is 3. The summed E-state index contributed by atoms with van der Waals surface area (Å²) < 4.78 is 59.8. The molecule has 3 aromatic rings. The van der Waals surface area contributed by atoms with Gasteiger partial charge in [0.2, 0.25) is 5.91 Å². The molecule has 0 aliphatic carbocycles. The number of aromatic nitrogens is 2. The number of aryl methyl sites for hydroxylation is 1. The Balaban J connectivity index is 1.64. The second-order valence-electron chi connectivity index (χ2n) is 9.12. The van der Waals surface area contributed by atoms with Crippen LogP contribution in [0.1, 0.15) is 36.8 Å². The molecule has 1 aromatic heterocycles. The minimum Gasteiger partial charge on any atom is -0.493 e. The number of morpholine rings is 1. The summed E-state index contributed by atoms with van der Waals surface area (Å²) in [5, 5.41) is 3.71. The van der Waals surface area contributed by atoms with Gasteiger partial charge < -0.3 is 24.4 Å². The number of nitrogens with one attached hydrogen (secondary N) is 1. The molecule has 0 spiro atoms. The Kier molecular flexibility index (Phi) is 7.44. The molecule has 0 bridgehead atoms. The van der Waals surface area contributed by atoms with Gasteiger partial charge in [0.15, 0.2) is 11.5 Å². The van der Waals surface area contributed by atoms with Gasteiger partial charge in [-0.2, -0.15) is 0 Å². The summed E-state index contributed by atoms with van der Waals surface area (Å²) in [7, 11) is 3.21. The van der Waals surface area contributed by atoms with Crippen molar-refractivity contribution < 1.29 is 32.2 Å². The highest BCUT2D eigenvalue weighted by molar-refractivity contribution is 5.92. The number of ether oxygens (including phenoxy) is 3. The third-order valence-corrected chi connectivity index (χ3v) is 6.18. The van der Waals surface area contributed by atoms with Crippen LogP contribution in [0, 0.1) is 12.7 Å². The summed E-state index contributed by atoms with van der Waals surface area (Å²) >= 11 is 0. The summed E-state index contributed by atoms with van der Waals surface area (Å²) in [5.74, 6) is -2.70. The van der Waals surface area contributed by atoms with Gasteiger partial charge in [-0.3, -0.25) is 4.79 Å². The summed E-state index contributed by atoms with van der Waals surface area (Å²) in [6, 6.07) is 6.66. The number of hydrogen-bond donors (Lipinski definition) is 1. The van der Waals surface area contributed by atoms with E-state index in [0.717, 1.165) is 6.07 Å². The predicted molar refractivity (Wildman–Crippen MR) is 132 cm³/mol. The first-order valence-corrected chi connectivity index (χ1v) is 11.8. The second-order valence-corrected chi connectivity index (χ2v) is 9.12. The van der Waals surface area contributed by atoms with Gasteiger partial charge in [0.1, 0.15) is 36.8 Å². The van der Waals surface area contributed by atoms with Crippen LogP contribution < -0.4 is 14.8 Å². The molecule has 8 nitrogen and oxygen atoms in total. The van der Waals surface area contributed by atoms with Crippen LogP contribution in [0.4, 0.5) is 19.0 Å². The topological polar surface area (TPSA) is 85.8 Å². The van der Waals surface area contributed by atoms with Gasteiger partial charge in [-0.1, -0.05) is 18.2 Å². The first-order valence-electron chi connectivity index (χ1n) is 11.8. The number of fused-ring (bicyclic) bond motifs is 1. The normalized spacial score (nSPS) is 17.1. The van der Waals surface area contributed by atoms with Crippen molar-refractivity contribution in [3.63, 3.8) is 0 Å². The minimum absolute atomic E-state index is 0.0137. The Morgan fingerprint density at radius 1 is 1.27 bits per heavy atom. The van der Waals surface area contributed by atoms with Gasteiger partial charge in [-0.05, 0) is 19.9 Å². The van der Waals surface area contributed by atoms with Crippen molar-refractivity contribution in [2.24, 2.45) is 0 Å².